The smallest absolute Gasteiger partial charge is 0.167 e. The van der Waals surface area contributed by atoms with Gasteiger partial charge in [-0.05, 0) is 19.1 Å². The molecule has 3 aromatic rings. The summed E-state index contributed by atoms with van der Waals surface area (Å²) in [5, 5.41) is 9.18. The Balaban J connectivity index is 1.75. The molecule has 0 amide bonds. The van der Waals surface area contributed by atoms with Gasteiger partial charge in [0.2, 0.25) is 0 Å². The van der Waals surface area contributed by atoms with Crippen LogP contribution in [0.5, 0.6) is 0 Å². The lowest BCUT2D eigenvalue weighted by Crippen LogP contribution is -2.19. The fraction of sp³-hybridized carbons (Fsp3) is 0.286. The minimum atomic E-state index is 0.0282. The molecule has 2 heterocycles. The maximum absolute atomic E-state index is 6.32. The topological polar surface area (TPSA) is 55.9 Å². The monoisotopic (exact) mass is 290 g/mol. The minimum Gasteiger partial charge on any atom is -0.458 e. The molecule has 20 heavy (non-hydrogen) atoms. The third-order valence-electron chi connectivity index (χ3n) is 3.17. The van der Waals surface area contributed by atoms with Crippen molar-refractivity contribution in [1.82, 2.24) is 20.1 Å². The van der Waals surface area contributed by atoms with E-state index in [0.29, 0.717) is 11.6 Å². The summed E-state index contributed by atoms with van der Waals surface area (Å²) in [5.74, 6) is 1.48. The number of hydrogen-bond acceptors (Lipinski definition) is 4. The van der Waals surface area contributed by atoms with Crippen LogP contribution in [0.1, 0.15) is 24.6 Å². The normalized spacial score (nSPS) is 12.9. The third kappa shape index (κ3) is 2.42. The molecule has 0 fully saturated rings. The molecule has 1 aromatic carbocycles. The Morgan fingerprint density at radius 2 is 2.20 bits per heavy atom. The highest BCUT2D eigenvalue weighted by atomic mass is 35.5. The molecule has 0 saturated carbocycles. The van der Waals surface area contributed by atoms with Crippen molar-refractivity contribution in [3.8, 4) is 0 Å². The van der Waals surface area contributed by atoms with Gasteiger partial charge >= 0.3 is 0 Å². The second-order valence-corrected chi connectivity index (χ2v) is 5.09. The van der Waals surface area contributed by atoms with E-state index >= 15 is 0 Å². The first-order valence-corrected chi connectivity index (χ1v) is 6.78. The van der Waals surface area contributed by atoms with Crippen LogP contribution in [-0.4, -0.2) is 14.8 Å². The zero-order valence-corrected chi connectivity index (χ0v) is 12.1. The summed E-state index contributed by atoms with van der Waals surface area (Å²) in [6.45, 7) is 2.54. The highest BCUT2D eigenvalue weighted by Crippen LogP contribution is 2.30. The molecule has 1 unspecified atom stereocenters. The van der Waals surface area contributed by atoms with Crippen LogP contribution in [0, 0.1) is 0 Å². The predicted molar refractivity (Wildman–Crippen MR) is 77.5 cm³/mol. The molecule has 0 bridgehead atoms. The van der Waals surface area contributed by atoms with Gasteiger partial charge in [0.25, 0.3) is 0 Å². The second kappa shape index (κ2) is 5.26. The van der Waals surface area contributed by atoms with Gasteiger partial charge in [-0.1, -0.05) is 23.7 Å². The van der Waals surface area contributed by atoms with E-state index in [1.807, 2.05) is 38.2 Å². The number of benzene rings is 1. The van der Waals surface area contributed by atoms with Crippen molar-refractivity contribution in [2.45, 2.75) is 19.5 Å². The summed E-state index contributed by atoms with van der Waals surface area (Å²) in [6, 6.07) is 7.77. The zero-order chi connectivity index (χ0) is 14.1. The van der Waals surface area contributed by atoms with Crippen molar-refractivity contribution in [2.24, 2.45) is 7.05 Å². The molecule has 0 aliphatic rings. The van der Waals surface area contributed by atoms with Gasteiger partial charge in [-0.3, -0.25) is 4.68 Å². The van der Waals surface area contributed by atoms with E-state index < -0.39 is 0 Å². The predicted octanol–water partition coefficient (Wildman–Crippen LogP) is 3.07. The van der Waals surface area contributed by atoms with Gasteiger partial charge in [-0.15, -0.1) is 0 Å². The molecule has 0 radical (unpaired) electrons. The first-order chi connectivity index (χ1) is 9.65. The van der Waals surface area contributed by atoms with Crippen LogP contribution < -0.4 is 5.32 Å². The average Bonchev–Trinajstić information content (AvgIpc) is 3.01. The maximum Gasteiger partial charge on any atom is 0.167 e. The lowest BCUT2D eigenvalue weighted by Gasteiger charge is -2.08. The number of rotatable bonds is 4. The van der Waals surface area contributed by atoms with Crippen molar-refractivity contribution in [3.63, 3.8) is 0 Å². The Kier molecular flexibility index (Phi) is 3.46. The van der Waals surface area contributed by atoms with Crippen LogP contribution in [0.4, 0.5) is 0 Å². The molecule has 1 N–H and O–H groups in total. The number of nitrogens with zero attached hydrogens (tertiary/aromatic N) is 3. The Morgan fingerprint density at radius 1 is 1.40 bits per heavy atom. The molecule has 0 spiro atoms. The molecular weight excluding hydrogens is 276 g/mol. The summed E-state index contributed by atoms with van der Waals surface area (Å²) in [4.78, 5) is 4.22. The van der Waals surface area contributed by atoms with Crippen LogP contribution in [0.25, 0.3) is 11.0 Å². The molecule has 104 valence electrons. The van der Waals surface area contributed by atoms with E-state index in [4.69, 9.17) is 16.0 Å². The lowest BCUT2D eigenvalue weighted by atomic mass is 10.2. The molecule has 0 saturated heterocycles. The minimum absolute atomic E-state index is 0.0282. The van der Waals surface area contributed by atoms with Gasteiger partial charge in [0.15, 0.2) is 5.82 Å². The first kappa shape index (κ1) is 13.1. The van der Waals surface area contributed by atoms with Crippen LogP contribution >= 0.6 is 11.6 Å². The Bertz CT molecular complexity index is 734. The molecule has 2 aromatic heterocycles. The van der Waals surface area contributed by atoms with Crippen LogP contribution in [-0.2, 0) is 13.6 Å². The maximum atomic E-state index is 6.32. The summed E-state index contributed by atoms with van der Waals surface area (Å²) < 4.78 is 7.43. The van der Waals surface area contributed by atoms with Crippen LogP contribution in [0.15, 0.2) is 35.0 Å². The van der Waals surface area contributed by atoms with Gasteiger partial charge < -0.3 is 9.73 Å². The van der Waals surface area contributed by atoms with E-state index in [0.717, 1.165) is 22.6 Å². The number of aryl methyl sites for hydroxylation is 1. The van der Waals surface area contributed by atoms with Crippen molar-refractivity contribution < 1.29 is 4.42 Å². The Morgan fingerprint density at radius 3 is 2.90 bits per heavy atom. The van der Waals surface area contributed by atoms with E-state index in [9.17, 15) is 0 Å². The van der Waals surface area contributed by atoms with E-state index in [-0.39, 0.29) is 6.04 Å². The molecule has 5 nitrogen and oxygen atoms in total. The Labute approximate surface area is 121 Å². The molecule has 3 rings (SSSR count). The van der Waals surface area contributed by atoms with Crippen molar-refractivity contribution in [3.05, 3.63) is 47.2 Å². The van der Waals surface area contributed by atoms with Gasteiger partial charge in [-0.2, -0.15) is 5.10 Å². The number of aromatic nitrogens is 3. The molecular formula is C14H15ClN4O. The summed E-state index contributed by atoms with van der Waals surface area (Å²) >= 11 is 6.32. The fourth-order valence-electron chi connectivity index (χ4n) is 2.07. The summed E-state index contributed by atoms with van der Waals surface area (Å²) in [5.41, 5.74) is 0.804. The number of hydrogen-bond donors (Lipinski definition) is 1. The number of para-hydroxylation sites is 1. The number of nitrogens with one attached hydrogen (secondary N) is 1. The van der Waals surface area contributed by atoms with Crippen molar-refractivity contribution in [1.29, 1.82) is 0 Å². The zero-order valence-electron chi connectivity index (χ0n) is 11.3. The van der Waals surface area contributed by atoms with E-state index in [1.54, 1.807) is 11.0 Å². The SMILES string of the molecule is CC(NCc1oc2ccccc2c1Cl)c1ncn(C)n1. The largest absolute Gasteiger partial charge is 0.458 e. The van der Waals surface area contributed by atoms with Crippen molar-refractivity contribution in [2.75, 3.05) is 0 Å². The third-order valence-corrected chi connectivity index (χ3v) is 3.59. The van der Waals surface area contributed by atoms with Crippen LogP contribution in [0.2, 0.25) is 5.02 Å². The van der Waals surface area contributed by atoms with Gasteiger partial charge in [-0.25, -0.2) is 4.98 Å². The van der Waals surface area contributed by atoms with Gasteiger partial charge in [0.1, 0.15) is 17.7 Å². The number of halogens is 1. The van der Waals surface area contributed by atoms with Crippen molar-refractivity contribution >= 4 is 22.6 Å². The van der Waals surface area contributed by atoms with Crippen LogP contribution in [0.3, 0.4) is 0 Å². The standard InChI is InChI=1S/C14H15ClN4O/c1-9(14-17-8-19(2)18-14)16-7-12-13(15)10-5-3-4-6-11(10)20-12/h3-6,8-9,16H,7H2,1-2H3. The quantitative estimate of drug-likeness (QED) is 0.802. The molecule has 6 heteroatoms. The molecule has 1 atom stereocenters. The number of fused-ring (bicyclic) bond motifs is 1. The van der Waals surface area contributed by atoms with Gasteiger partial charge in [0, 0.05) is 12.4 Å². The highest BCUT2D eigenvalue weighted by molar-refractivity contribution is 6.36. The number of furan rings is 1. The van der Waals surface area contributed by atoms with E-state index in [2.05, 4.69) is 15.4 Å². The average molecular weight is 291 g/mol. The lowest BCUT2D eigenvalue weighted by molar-refractivity contribution is 0.471. The summed E-state index contributed by atoms with van der Waals surface area (Å²) in [6.07, 6.45) is 1.68. The van der Waals surface area contributed by atoms with Gasteiger partial charge in [0.05, 0.1) is 17.6 Å². The highest BCUT2D eigenvalue weighted by Gasteiger charge is 2.14. The first-order valence-electron chi connectivity index (χ1n) is 6.40. The molecule has 0 aliphatic carbocycles. The van der Waals surface area contributed by atoms with E-state index in [1.165, 1.54) is 0 Å². The molecule has 0 aliphatic heterocycles. The second-order valence-electron chi connectivity index (χ2n) is 4.71. The summed E-state index contributed by atoms with van der Waals surface area (Å²) in [7, 11) is 1.85. The Hall–Kier alpha value is -1.85. The fourth-order valence-corrected chi connectivity index (χ4v) is 2.33.